The molecule has 0 aliphatic rings. The van der Waals surface area contributed by atoms with Crippen molar-refractivity contribution in [3.63, 3.8) is 0 Å². The fourth-order valence-electron chi connectivity index (χ4n) is 2.91. The lowest BCUT2D eigenvalue weighted by Gasteiger charge is -2.36. The third-order valence-corrected chi connectivity index (χ3v) is 3.94. The molecule has 1 amide bonds. The number of benzene rings is 2. The smallest absolute Gasteiger partial charge is 0.429 e. The highest BCUT2D eigenvalue weighted by Gasteiger charge is 2.32. The monoisotopic (exact) mass is 322 g/mol. The molecular weight excluding hydrogens is 300 g/mol. The van der Waals surface area contributed by atoms with Crippen LogP contribution in [0.15, 0.2) is 60.7 Å². The summed E-state index contributed by atoms with van der Waals surface area (Å²) in [7, 11) is 1.41. The van der Waals surface area contributed by atoms with Gasteiger partial charge in [0.1, 0.15) is 0 Å². The Hall–Kier alpha value is -2.75. The average Bonchev–Trinajstić information content (AvgIpc) is 2.94. The Morgan fingerprint density at radius 3 is 2.25 bits per heavy atom. The average molecular weight is 322 g/mol. The van der Waals surface area contributed by atoms with Gasteiger partial charge in [-0.25, -0.2) is 14.5 Å². The van der Waals surface area contributed by atoms with Gasteiger partial charge in [0, 0.05) is 10.9 Å². The van der Waals surface area contributed by atoms with Crippen molar-refractivity contribution in [1.29, 1.82) is 0 Å². The summed E-state index contributed by atoms with van der Waals surface area (Å²) in [5.74, 6) is 0. The number of fused-ring (bicyclic) bond motifs is 1. The molecular formula is C20H22N2O2. The highest BCUT2D eigenvalue weighted by atomic mass is 16.5. The van der Waals surface area contributed by atoms with Crippen molar-refractivity contribution in [2.75, 3.05) is 12.1 Å². The second kappa shape index (κ2) is 6.04. The second-order valence-corrected chi connectivity index (χ2v) is 6.72. The molecule has 4 heteroatoms. The summed E-state index contributed by atoms with van der Waals surface area (Å²) in [5.41, 5.74) is 2.53. The Kier molecular flexibility index (Phi) is 4.06. The van der Waals surface area contributed by atoms with Gasteiger partial charge in [-0.1, -0.05) is 48.5 Å². The van der Waals surface area contributed by atoms with Gasteiger partial charge in [0.15, 0.2) is 0 Å². The van der Waals surface area contributed by atoms with Gasteiger partial charge in [0.25, 0.3) is 0 Å². The first-order valence-electron chi connectivity index (χ1n) is 7.98. The van der Waals surface area contributed by atoms with Crippen LogP contribution in [0.3, 0.4) is 0 Å². The van der Waals surface area contributed by atoms with E-state index >= 15 is 0 Å². The zero-order valence-electron chi connectivity index (χ0n) is 14.5. The molecule has 2 aromatic carbocycles. The molecule has 0 radical (unpaired) electrons. The Balaban J connectivity index is 2.34. The van der Waals surface area contributed by atoms with Gasteiger partial charge in [-0.05, 0) is 32.9 Å². The van der Waals surface area contributed by atoms with Crippen LogP contribution in [0.2, 0.25) is 0 Å². The fraction of sp³-hybridized carbons (Fsp3) is 0.250. The summed E-state index contributed by atoms with van der Waals surface area (Å²) in [6, 6.07) is 20.2. The maximum atomic E-state index is 12.6. The molecule has 0 spiro atoms. The molecule has 3 aromatic rings. The number of carbonyl (C=O) groups is 1. The number of methoxy groups -OCH3 is 1. The van der Waals surface area contributed by atoms with Crippen LogP contribution < -0.4 is 5.01 Å². The molecule has 4 nitrogen and oxygen atoms in total. The quantitative estimate of drug-likeness (QED) is 0.678. The molecule has 1 aromatic heterocycles. The van der Waals surface area contributed by atoms with Gasteiger partial charge >= 0.3 is 6.09 Å². The fourth-order valence-corrected chi connectivity index (χ4v) is 2.91. The van der Waals surface area contributed by atoms with Crippen molar-refractivity contribution in [2.24, 2.45) is 0 Å². The summed E-state index contributed by atoms with van der Waals surface area (Å²) >= 11 is 0. The predicted octanol–water partition coefficient (Wildman–Crippen LogP) is 4.81. The topological polar surface area (TPSA) is 34.5 Å². The lowest BCUT2D eigenvalue weighted by Crippen LogP contribution is -2.53. The van der Waals surface area contributed by atoms with Gasteiger partial charge in [0.2, 0.25) is 0 Å². The van der Waals surface area contributed by atoms with Crippen molar-refractivity contribution in [3.8, 4) is 11.3 Å². The largest absolute Gasteiger partial charge is 0.451 e. The van der Waals surface area contributed by atoms with Gasteiger partial charge < -0.3 is 4.74 Å². The second-order valence-electron chi connectivity index (χ2n) is 6.72. The maximum Gasteiger partial charge on any atom is 0.429 e. The zero-order valence-corrected chi connectivity index (χ0v) is 14.5. The molecule has 124 valence electrons. The van der Waals surface area contributed by atoms with Crippen LogP contribution in [0.1, 0.15) is 20.8 Å². The number of ether oxygens (including phenoxy) is 1. The summed E-state index contributed by atoms with van der Waals surface area (Å²) in [6.07, 6.45) is -0.388. The van der Waals surface area contributed by atoms with Gasteiger partial charge in [-0.2, -0.15) is 0 Å². The molecule has 0 saturated carbocycles. The Morgan fingerprint density at radius 2 is 1.62 bits per heavy atom. The van der Waals surface area contributed by atoms with Crippen molar-refractivity contribution in [3.05, 3.63) is 60.7 Å². The summed E-state index contributed by atoms with van der Waals surface area (Å²) in [4.78, 5) is 12.6. The Labute approximate surface area is 142 Å². The van der Waals surface area contributed by atoms with E-state index in [4.69, 9.17) is 4.74 Å². The van der Waals surface area contributed by atoms with E-state index in [0.29, 0.717) is 0 Å². The van der Waals surface area contributed by atoms with E-state index in [2.05, 4.69) is 12.1 Å². The molecule has 1 heterocycles. The zero-order chi connectivity index (χ0) is 17.3. The molecule has 0 aliphatic heterocycles. The molecule has 0 aliphatic carbocycles. The summed E-state index contributed by atoms with van der Waals surface area (Å²) < 4.78 is 7.02. The molecule has 0 fully saturated rings. The lowest BCUT2D eigenvalue weighted by atomic mass is 10.1. The van der Waals surface area contributed by atoms with Gasteiger partial charge in [-0.15, -0.1) is 0 Å². The first-order valence-corrected chi connectivity index (χ1v) is 7.98. The molecule has 24 heavy (non-hydrogen) atoms. The van der Waals surface area contributed by atoms with Crippen LogP contribution in [0.4, 0.5) is 4.79 Å². The third kappa shape index (κ3) is 2.75. The highest BCUT2D eigenvalue weighted by molar-refractivity contribution is 5.91. The van der Waals surface area contributed by atoms with E-state index in [1.807, 2.05) is 74.0 Å². The van der Waals surface area contributed by atoms with E-state index in [1.165, 1.54) is 7.11 Å². The van der Waals surface area contributed by atoms with E-state index in [-0.39, 0.29) is 6.09 Å². The lowest BCUT2D eigenvalue weighted by molar-refractivity contribution is 0.163. The van der Waals surface area contributed by atoms with E-state index in [0.717, 1.165) is 22.2 Å². The van der Waals surface area contributed by atoms with Crippen LogP contribution in [-0.2, 0) is 4.74 Å². The summed E-state index contributed by atoms with van der Waals surface area (Å²) in [6.45, 7) is 5.98. The molecule has 0 saturated heterocycles. The number of rotatable bonds is 2. The number of para-hydroxylation sites is 1. The first kappa shape index (κ1) is 16.1. The molecule has 0 atom stereocenters. The summed E-state index contributed by atoms with van der Waals surface area (Å²) in [5, 5.41) is 2.74. The SMILES string of the molecule is COC(=O)N(n1c(-c2ccccc2)cc2ccccc21)C(C)(C)C. The standard InChI is InChI=1S/C20H22N2O2/c1-20(2,3)22(19(23)24-4)21-17-13-9-8-12-16(17)14-18(21)15-10-6-5-7-11-15/h5-14H,1-4H3. The van der Waals surface area contributed by atoms with E-state index < -0.39 is 5.54 Å². The Morgan fingerprint density at radius 1 is 1.00 bits per heavy atom. The number of nitrogens with zero attached hydrogens (tertiary/aromatic N) is 2. The third-order valence-electron chi connectivity index (χ3n) is 3.94. The number of amides is 1. The van der Waals surface area contributed by atoms with Crippen LogP contribution in [-0.4, -0.2) is 23.4 Å². The number of aromatic nitrogens is 1. The van der Waals surface area contributed by atoms with Crippen LogP contribution in [0.5, 0.6) is 0 Å². The molecule has 0 bridgehead atoms. The van der Waals surface area contributed by atoms with Crippen molar-refractivity contribution in [2.45, 2.75) is 26.3 Å². The molecule has 0 N–H and O–H groups in total. The van der Waals surface area contributed by atoms with Crippen molar-refractivity contribution < 1.29 is 9.53 Å². The van der Waals surface area contributed by atoms with Crippen molar-refractivity contribution >= 4 is 17.0 Å². The normalized spacial score (nSPS) is 11.5. The molecule has 3 rings (SSSR count). The number of hydrogen-bond acceptors (Lipinski definition) is 2. The minimum Gasteiger partial charge on any atom is -0.451 e. The minimum atomic E-state index is -0.446. The van der Waals surface area contributed by atoms with E-state index in [9.17, 15) is 4.79 Å². The maximum absolute atomic E-state index is 12.6. The minimum absolute atomic E-state index is 0.388. The highest BCUT2D eigenvalue weighted by Crippen LogP contribution is 2.31. The number of hydrogen-bond donors (Lipinski definition) is 0. The number of carbonyl (C=O) groups excluding carboxylic acids is 1. The van der Waals surface area contributed by atoms with Crippen LogP contribution >= 0.6 is 0 Å². The molecule has 0 unspecified atom stereocenters. The van der Waals surface area contributed by atoms with Crippen LogP contribution in [0.25, 0.3) is 22.2 Å². The van der Waals surface area contributed by atoms with Gasteiger partial charge in [-0.3, -0.25) is 0 Å². The van der Waals surface area contributed by atoms with Crippen LogP contribution in [0, 0.1) is 0 Å². The first-order chi connectivity index (χ1) is 11.4. The van der Waals surface area contributed by atoms with E-state index in [1.54, 1.807) is 5.01 Å². The predicted molar refractivity (Wildman–Crippen MR) is 97.7 cm³/mol. The Bertz CT molecular complexity index is 860. The van der Waals surface area contributed by atoms with Gasteiger partial charge in [0.05, 0.1) is 23.9 Å². The van der Waals surface area contributed by atoms with Crippen molar-refractivity contribution in [1.82, 2.24) is 4.68 Å².